The lowest BCUT2D eigenvalue weighted by Gasteiger charge is -2.18. The minimum atomic E-state index is -3.88. The number of aliphatic hydroxyl groups excluding tert-OH is 1. The molecule has 9 heteroatoms. The van der Waals surface area contributed by atoms with Crippen LogP contribution in [0.25, 0.3) is 5.57 Å². The van der Waals surface area contributed by atoms with Crippen molar-refractivity contribution in [3.8, 4) is 0 Å². The van der Waals surface area contributed by atoms with Gasteiger partial charge in [-0.25, -0.2) is 22.4 Å². The summed E-state index contributed by atoms with van der Waals surface area (Å²) in [6.07, 6.45) is 3.14. The molecule has 1 saturated carbocycles. The zero-order valence-electron chi connectivity index (χ0n) is 13.7. The maximum Gasteiger partial charge on any atom is 0.327 e. The molecule has 1 aliphatic heterocycles. The Morgan fingerprint density at radius 3 is 2.72 bits per heavy atom. The van der Waals surface area contributed by atoms with Crippen molar-refractivity contribution in [2.75, 3.05) is 22.2 Å². The number of hydrogen-bond donors (Lipinski definition) is 1. The maximum absolute atomic E-state index is 13.2. The molecule has 0 radical (unpaired) electrons. The molecule has 1 aromatic heterocycles. The Labute approximate surface area is 144 Å². The third-order valence-corrected chi connectivity index (χ3v) is 6.87. The van der Waals surface area contributed by atoms with Crippen molar-refractivity contribution in [3.05, 3.63) is 23.9 Å². The summed E-state index contributed by atoms with van der Waals surface area (Å²) < 4.78 is 53.7. The Kier molecular flexibility index (Phi) is 3.59. The fourth-order valence-electron chi connectivity index (χ4n) is 3.34. The first-order valence-corrected chi connectivity index (χ1v) is 9.63. The minimum absolute atomic E-state index is 0.234. The molecule has 3 aliphatic rings. The largest absolute Gasteiger partial charge is 0.393 e. The molecule has 0 amide bonds. The van der Waals surface area contributed by atoms with Crippen LogP contribution in [0.2, 0.25) is 0 Å². The zero-order chi connectivity index (χ0) is 18.0. The number of alkyl halides is 2. The Morgan fingerprint density at radius 2 is 2.12 bits per heavy atom. The number of fused-ring (bicyclic) bond motifs is 1. The lowest BCUT2D eigenvalue weighted by Crippen LogP contribution is -2.37. The lowest BCUT2D eigenvalue weighted by atomic mass is 9.95. The van der Waals surface area contributed by atoms with Gasteiger partial charge in [-0.2, -0.15) is 8.42 Å². The average Bonchev–Trinajstić information content (AvgIpc) is 3.13. The Hall–Kier alpha value is -1.74. The number of halogens is 2. The first-order valence-electron chi connectivity index (χ1n) is 8.23. The Morgan fingerprint density at radius 1 is 1.40 bits per heavy atom. The molecule has 4 rings (SSSR count). The molecule has 136 valence electrons. The number of hydrogen-bond acceptors (Lipinski definition) is 4. The second-order valence-electron chi connectivity index (χ2n) is 6.87. The van der Waals surface area contributed by atoms with Crippen LogP contribution in [0, 0.1) is 5.92 Å². The average molecular weight is 371 g/mol. The fourth-order valence-corrected chi connectivity index (χ4v) is 4.75. The minimum Gasteiger partial charge on any atom is -0.393 e. The highest BCUT2D eigenvalue weighted by atomic mass is 32.2. The highest BCUT2D eigenvalue weighted by Crippen LogP contribution is 2.51. The molecular formula is C16H19F2N3O3S. The topological polar surface area (TPSA) is 73.7 Å². The predicted molar refractivity (Wildman–Crippen MR) is 89.8 cm³/mol. The third-order valence-electron chi connectivity index (χ3n) is 5.10. The van der Waals surface area contributed by atoms with E-state index in [4.69, 9.17) is 0 Å². The van der Waals surface area contributed by atoms with Gasteiger partial charge in [-0.3, -0.25) is 0 Å². The van der Waals surface area contributed by atoms with Gasteiger partial charge >= 0.3 is 10.2 Å². The van der Waals surface area contributed by atoms with Crippen molar-refractivity contribution in [1.82, 2.24) is 4.98 Å². The molecule has 0 saturated heterocycles. The molecule has 1 N–H and O–H groups in total. The van der Waals surface area contributed by atoms with Crippen LogP contribution in [0.3, 0.4) is 0 Å². The highest BCUT2D eigenvalue weighted by Gasteiger charge is 2.59. The van der Waals surface area contributed by atoms with Crippen LogP contribution in [0.1, 0.15) is 31.4 Å². The fraction of sp³-hybridized carbons (Fsp3) is 0.562. The number of pyridine rings is 1. The van der Waals surface area contributed by atoms with Crippen LogP contribution in [0.4, 0.5) is 20.3 Å². The number of aromatic nitrogens is 1. The van der Waals surface area contributed by atoms with E-state index in [2.05, 4.69) is 4.98 Å². The van der Waals surface area contributed by atoms with E-state index in [9.17, 15) is 22.3 Å². The number of nitrogens with zero attached hydrogens (tertiary/aromatic N) is 3. The van der Waals surface area contributed by atoms with E-state index >= 15 is 0 Å². The Bertz CT molecular complexity index is 856. The number of allylic oxidation sites excluding steroid dienone is 1. The zero-order valence-corrected chi connectivity index (χ0v) is 14.5. The molecule has 1 aromatic rings. The quantitative estimate of drug-likeness (QED) is 0.884. The SMILES string of the molecule is CN1c2nc(C3=CCC(O)CC3)ccc2N(CC2CC2(F)F)S1(=O)=O. The van der Waals surface area contributed by atoms with E-state index < -0.39 is 22.0 Å². The first-order chi connectivity index (χ1) is 11.7. The second-order valence-corrected chi connectivity index (χ2v) is 8.75. The molecule has 0 spiro atoms. The number of anilines is 2. The van der Waals surface area contributed by atoms with Crippen LogP contribution in [-0.2, 0) is 10.2 Å². The van der Waals surface area contributed by atoms with Gasteiger partial charge in [0, 0.05) is 25.9 Å². The molecule has 6 nitrogen and oxygen atoms in total. The predicted octanol–water partition coefficient (Wildman–Crippen LogP) is 2.17. The summed E-state index contributed by atoms with van der Waals surface area (Å²) in [5.41, 5.74) is 1.96. The summed E-state index contributed by atoms with van der Waals surface area (Å²) in [5, 5.41) is 9.59. The van der Waals surface area contributed by atoms with E-state index in [1.165, 1.54) is 7.05 Å². The summed E-state index contributed by atoms with van der Waals surface area (Å²) in [7, 11) is -2.49. The molecule has 0 aromatic carbocycles. The monoisotopic (exact) mass is 371 g/mol. The van der Waals surface area contributed by atoms with Gasteiger partial charge in [-0.15, -0.1) is 0 Å². The molecule has 25 heavy (non-hydrogen) atoms. The molecular weight excluding hydrogens is 352 g/mol. The van der Waals surface area contributed by atoms with Crippen LogP contribution in [0.5, 0.6) is 0 Å². The molecule has 0 bridgehead atoms. The van der Waals surface area contributed by atoms with Crippen LogP contribution in [0.15, 0.2) is 18.2 Å². The maximum atomic E-state index is 13.2. The van der Waals surface area contributed by atoms with E-state index in [0.717, 1.165) is 14.2 Å². The van der Waals surface area contributed by atoms with Gasteiger partial charge in [-0.05, 0) is 37.0 Å². The Balaban J connectivity index is 1.67. The third kappa shape index (κ3) is 2.69. The van der Waals surface area contributed by atoms with Crippen molar-refractivity contribution >= 4 is 27.3 Å². The molecule has 2 heterocycles. The first kappa shape index (κ1) is 16.7. The van der Waals surface area contributed by atoms with Gasteiger partial charge < -0.3 is 5.11 Å². The summed E-state index contributed by atoms with van der Waals surface area (Å²) >= 11 is 0. The molecule has 2 atom stereocenters. The van der Waals surface area contributed by atoms with Crippen LogP contribution < -0.4 is 8.61 Å². The van der Waals surface area contributed by atoms with Crippen molar-refractivity contribution in [2.24, 2.45) is 5.92 Å². The summed E-state index contributed by atoms with van der Waals surface area (Å²) in [5.74, 6) is -3.46. The normalized spacial score (nSPS) is 29.4. The summed E-state index contributed by atoms with van der Waals surface area (Å²) in [6.45, 7) is -0.234. The van der Waals surface area contributed by atoms with Gasteiger partial charge in [0.1, 0.15) is 0 Å². The van der Waals surface area contributed by atoms with Crippen LogP contribution >= 0.6 is 0 Å². The van der Waals surface area contributed by atoms with Crippen molar-refractivity contribution < 1.29 is 22.3 Å². The second kappa shape index (κ2) is 5.38. The van der Waals surface area contributed by atoms with Gasteiger partial charge in [0.05, 0.1) is 17.5 Å². The van der Waals surface area contributed by atoms with Gasteiger partial charge in [0.25, 0.3) is 5.92 Å². The van der Waals surface area contributed by atoms with Gasteiger partial charge in [0.2, 0.25) is 0 Å². The van der Waals surface area contributed by atoms with E-state index in [1.54, 1.807) is 12.1 Å². The molecule has 1 fully saturated rings. The van der Waals surface area contributed by atoms with Crippen molar-refractivity contribution in [2.45, 2.75) is 37.7 Å². The van der Waals surface area contributed by atoms with E-state index in [0.29, 0.717) is 30.6 Å². The highest BCUT2D eigenvalue weighted by molar-refractivity contribution is 7.94. The van der Waals surface area contributed by atoms with E-state index in [1.807, 2.05) is 6.08 Å². The van der Waals surface area contributed by atoms with E-state index in [-0.39, 0.29) is 24.9 Å². The number of aliphatic hydroxyl groups is 1. The summed E-state index contributed by atoms with van der Waals surface area (Å²) in [6, 6.07) is 3.35. The lowest BCUT2D eigenvalue weighted by molar-refractivity contribution is 0.101. The van der Waals surface area contributed by atoms with Gasteiger partial charge in [0.15, 0.2) is 5.82 Å². The van der Waals surface area contributed by atoms with Gasteiger partial charge in [-0.1, -0.05) is 6.08 Å². The molecule has 2 aliphatic carbocycles. The van der Waals surface area contributed by atoms with Crippen molar-refractivity contribution in [3.63, 3.8) is 0 Å². The molecule has 2 unspecified atom stereocenters. The standard InChI is InChI=1S/C16H19F2N3O3S/c1-20-15-14(21(25(20,23)24)9-11-8-16(11,17)18)7-6-13(19-15)10-2-4-12(22)5-3-10/h2,6-7,11-12,22H,3-5,8-9H2,1H3. The smallest absolute Gasteiger partial charge is 0.327 e. The van der Waals surface area contributed by atoms with Crippen molar-refractivity contribution in [1.29, 1.82) is 0 Å². The van der Waals surface area contributed by atoms with Crippen LogP contribution in [-0.4, -0.2) is 44.1 Å². The number of rotatable bonds is 3. The summed E-state index contributed by atoms with van der Waals surface area (Å²) in [4.78, 5) is 4.46.